The van der Waals surface area contributed by atoms with Gasteiger partial charge in [-0.3, -0.25) is 4.79 Å². The maximum atomic E-state index is 12.9. The Morgan fingerprint density at radius 3 is 2.33 bits per heavy atom. The number of urea groups is 1. The van der Waals surface area contributed by atoms with Gasteiger partial charge in [0.1, 0.15) is 0 Å². The third-order valence-corrected chi connectivity index (χ3v) is 4.53. The summed E-state index contributed by atoms with van der Waals surface area (Å²) < 4.78 is 16.1. The molecule has 9 nitrogen and oxygen atoms in total. The van der Waals surface area contributed by atoms with E-state index in [9.17, 15) is 14.7 Å². The molecule has 1 aromatic carbocycles. The largest absolute Gasteiger partial charge is 0.493 e. The molecule has 0 saturated heterocycles. The van der Waals surface area contributed by atoms with Crippen LogP contribution < -0.4 is 24.8 Å². The van der Waals surface area contributed by atoms with Gasteiger partial charge in [-0.15, -0.1) is 0 Å². The van der Waals surface area contributed by atoms with Crippen molar-refractivity contribution in [1.82, 2.24) is 15.5 Å². The summed E-state index contributed by atoms with van der Waals surface area (Å²) in [6.45, 7) is 2.04. The molecule has 3 amide bonds. The minimum Gasteiger partial charge on any atom is -0.493 e. The van der Waals surface area contributed by atoms with Gasteiger partial charge in [-0.05, 0) is 24.6 Å². The van der Waals surface area contributed by atoms with Gasteiger partial charge in [0.05, 0.1) is 51.3 Å². The average Bonchev–Trinajstić information content (AvgIpc) is 2.94. The highest BCUT2D eigenvalue weighted by molar-refractivity contribution is 6.01. The normalized spacial score (nSPS) is 20.0. The summed E-state index contributed by atoms with van der Waals surface area (Å²) in [5.41, 5.74) is 1.59. The number of nitrogens with one attached hydrogen (secondary N) is 2. The Labute approximate surface area is 156 Å². The Balaban J connectivity index is 2.04. The van der Waals surface area contributed by atoms with E-state index in [1.807, 2.05) is 0 Å². The van der Waals surface area contributed by atoms with Gasteiger partial charge in [0, 0.05) is 6.54 Å². The molecule has 0 radical (unpaired) electrons. The zero-order chi connectivity index (χ0) is 19.7. The van der Waals surface area contributed by atoms with Crippen LogP contribution >= 0.6 is 0 Å². The van der Waals surface area contributed by atoms with Crippen molar-refractivity contribution in [2.24, 2.45) is 0 Å². The summed E-state index contributed by atoms with van der Waals surface area (Å²) in [4.78, 5) is 26.5. The van der Waals surface area contributed by atoms with Gasteiger partial charge in [0.15, 0.2) is 11.5 Å². The molecule has 3 rings (SSSR count). The summed E-state index contributed by atoms with van der Waals surface area (Å²) >= 11 is 0. The smallest absolute Gasteiger partial charge is 0.319 e. The third kappa shape index (κ3) is 3.37. The van der Waals surface area contributed by atoms with Crippen molar-refractivity contribution in [3.8, 4) is 17.2 Å². The van der Waals surface area contributed by atoms with Crippen LogP contribution in [0.1, 0.15) is 18.5 Å². The van der Waals surface area contributed by atoms with Crippen molar-refractivity contribution in [2.45, 2.75) is 19.1 Å². The van der Waals surface area contributed by atoms with Gasteiger partial charge in [0.25, 0.3) is 5.91 Å². The van der Waals surface area contributed by atoms with Gasteiger partial charge >= 0.3 is 6.03 Å². The Morgan fingerprint density at radius 2 is 1.81 bits per heavy atom. The minimum atomic E-state index is -0.672. The molecule has 0 spiro atoms. The highest BCUT2D eigenvalue weighted by atomic mass is 16.5. The van der Waals surface area contributed by atoms with E-state index in [1.165, 1.54) is 26.2 Å². The first kappa shape index (κ1) is 18.8. The summed E-state index contributed by atoms with van der Waals surface area (Å²) in [7, 11) is 4.50. The SMILES string of the molecule is COc1cc([C@H]2NC(=O)NC3=C2C(=O)N(C[C@@H](C)O)C3)cc(OC)c1OC. The number of hydrogen-bond acceptors (Lipinski definition) is 6. The Kier molecular flexibility index (Phi) is 5.13. The van der Waals surface area contributed by atoms with Gasteiger partial charge < -0.3 is 34.9 Å². The zero-order valence-electron chi connectivity index (χ0n) is 15.7. The first-order chi connectivity index (χ1) is 12.9. The van der Waals surface area contributed by atoms with Crippen LogP contribution in [-0.4, -0.2) is 62.5 Å². The molecule has 1 aromatic rings. The molecular weight excluding hydrogens is 354 g/mol. The number of β-amino-alcohol motifs (C(OH)–C–C–N with tert-alkyl or cyclic N) is 1. The third-order valence-electron chi connectivity index (χ3n) is 4.53. The van der Waals surface area contributed by atoms with Crippen molar-refractivity contribution in [3.05, 3.63) is 29.0 Å². The number of carbonyl (C=O) groups is 2. The molecule has 2 atom stereocenters. The van der Waals surface area contributed by atoms with E-state index in [0.29, 0.717) is 34.1 Å². The molecule has 2 heterocycles. The minimum absolute atomic E-state index is 0.184. The van der Waals surface area contributed by atoms with Gasteiger partial charge in [-0.1, -0.05) is 0 Å². The predicted octanol–water partition coefficient (Wildman–Crippen LogP) is 0.543. The molecule has 0 fully saturated rings. The molecule has 27 heavy (non-hydrogen) atoms. The van der Waals surface area contributed by atoms with Crippen molar-refractivity contribution in [3.63, 3.8) is 0 Å². The number of nitrogens with zero attached hydrogens (tertiary/aromatic N) is 1. The average molecular weight is 377 g/mol. The second-order valence-electron chi connectivity index (χ2n) is 6.42. The van der Waals surface area contributed by atoms with Crippen molar-refractivity contribution in [2.75, 3.05) is 34.4 Å². The van der Waals surface area contributed by atoms with Crippen LogP contribution in [0.4, 0.5) is 4.79 Å². The van der Waals surface area contributed by atoms with E-state index >= 15 is 0 Å². The van der Waals surface area contributed by atoms with Crippen molar-refractivity contribution in [1.29, 1.82) is 0 Å². The standard InChI is InChI=1S/C18H23N3O6/c1-9(22)7-21-8-11-14(17(21)23)15(20-18(24)19-11)10-5-12(25-2)16(27-4)13(6-10)26-3/h5-6,9,15,22H,7-8H2,1-4H3,(H2,19,20,24)/t9-,15-/m1/s1. The highest BCUT2D eigenvalue weighted by Gasteiger charge is 2.41. The first-order valence-corrected chi connectivity index (χ1v) is 8.47. The van der Waals surface area contributed by atoms with Gasteiger partial charge in [-0.25, -0.2) is 4.79 Å². The van der Waals surface area contributed by atoms with Crippen LogP contribution in [0, 0.1) is 0 Å². The Hall–Kier alpha value is -2.94. The topological polar surface area (TPSA) is 109 Å². The highest BCUT2D eigenvalue weighted by Crippen LogP contribution is 2.42. The Bertz CT molecular complexity index is 779. The second kappa shape index (κ2) is 7.36. The second-order valence-corrected chi connectivity index (χ2v) is 6.42. The molecule has 146 valence electrons. The number of ether oxygens (including phenoxy) is 3. The number of benzene rings is 1. The van der Waals surface area contributed by atoms with Crippen LogP contribution in [0.15, 0.2) is 23.4 Å². The van der Waals surface area contributed by atoms with Crippen LogP contribution in [0.25, 0.3) is 0 Å². The van der Waals surface area contributed by atoms with Crippen molar-refractivity contribution < 1.29 is 28.9 Å². The molecule has 2 aliphatic heterocycles. The van der Waals surface area contributed by atoms with E-state index in [1.54, 1.807) is 19.1 Å². The number of aliphatic hydroxyl groups excluding tert-OH is 1. The number of rotatable bonds is 6. The maximum absolute atomic E-state index is 12.9. The lowest BCUT2D eigenvalue weighted by Crippen LogP contribution is -2.44. The number of amides is 3. The van der Waals surface area contributed by atoms with Gasteiger partial charge in [-0.2, -0.15) is 0 Å². The fourth-order valence-electron chi connectivity index (χ4n) is 3.41. The summed E-state index contributed by atoms with van der Waals surface area (Å²) in [5, 5.41) is 15.1. The quantitative estimate of drug-likeness (QED) is 0.668. The fourth-order valence-corrected chi connectivity index (χ4v) is 3.41. The number of methoxy groups -OCH3 is 3. The Morgan fingerprint density at radius 1 is 1.19 bits per heavy atom. The molecule has 0 aliphatic carbocycles. The van der Waals surface area contributed by atoms with Crippen LogP contribution in [-0.2, 0) is 4.79 Å². The fraction of sp³-hybridized carbons (Fsp3) is 0.444. The van der Waals surface area contributed by atoms with Crippen LogP contribution in [0.2, 0.25) is 0 Å². The lowest BCUT2D eigenvalue weighted by atomic mass is 9.95. The summed E-state index contributed by atoms with van der Waals surface area (Å²) in [6.07, 6.45) is -0.668. The summed E-state index contributed by atoms with van der Waals surface area (Å²) in [5.74, 6) is 1.03. The molecule has 9 heteroatoms. The maximum Gasteiger partial charge on any atom is 0.319 e. The molecule has 0 bridgehead atoms. The van der Waals surface area contributed by atoms with E-state index < -0.39 is 18.2 Å². The zero-order valence-corrected chi connectivity index (χ0v) is 15.7. The van der Waals surface area contributed by atoms with E-state index in [2.05, 4.69) is 10.6 Å². The van der Waals surface area contributed by atoms with E-state index in [0.717, 1.165) is 0 Å². The molecule has 0 unspecified atom stereocenters. The van der Waals surface area contributed by atoms with Crippen LogP contribution in [0.3, 0.4) is 0 Å². The number of carbonyl (C=O) groups excluding carboxylic acids is 2. The molecule has 0 saturated carbocycles. The van der Waals surface area contributed by atoms with E-state index in [-0.39, 0.29) is 19.0 Å². The number of aliphatic hydroxyl groups is 1. The van der Waals surface area contributed by atoms with Gasteiger partial charge in [0.2, 0.25) is 5.75 Å². The lowest BCUT2D eigenvalue weighted by molar-refractivity contribution is -0.126. The first-order valence-electron chi connectivity index (χ1n) is 8.47. The van der Waals surface area contributed by atoms with Crippen molar-refractivity contribution >= 4 is 11.9 Å². The van der Waals surface area contributed by atoms with E-state index in [4.69, 9.17) is 14.2 Å². The molecular formula is C18H23N3O6. The van der Waals surface area contributed by atoms with Crippen LogP contribution in [0.5, 0.6) is 17.2 Å². The summed E-state index contributed by atoms with van der Waals surface area (Å²) in [6, 6.07) is 2.33. The molecule has 0 aromatic heterocycles. The predicted molar refractivity (Wildman–Crippen MR) is 95.8 cm³/mol. The lowest BCUT2D eigenvalue weighted by Gasteiger charge is -2.26. The molecule has 3 N–H and O–H groups in total. The number of hydrogen-bond donors (Lipinski definition) is 3. The molecule has 2 aliphatic rings. The monoisotopic (exact) mass is 377 g/mol.